The Kier molecular flexibility index (Phi) is 6.49. The minimum absolute atomic E-state index is 0.195. The molecule has 2 aliphatic rings. The van der Waals surface area contributed by atoms with Crippen LogP contribution in [0.3, 0.4) is 0 Å². The average Bonchev–Trinajstić information content (AvgIpc) is 2.55. The van der Waals surface area contributed by atoms with Gasteiger partial charge >= 0.3 is 5.97 Å². The summed E-state index contributed by atoms with van der Waals surface area (Å²) in [5.41, 5.74) is 0. The maximum Gasteiger partial charge on any atom is 0.305 e. The molecule has 0 bridgehead atoms. The first kappa shape index (κ1) is 16.3. The quantitative estimate of drug-likeness (QED) is 0.726. The van der Waals surface area contributed by atoms with Crippen LogP contribution in [-0.4, -0.2) is 61.0 Å². The molecule has 5 heteroatoms. The van der Waals surface area contributed by atoms with Gasteiger partial charge in [-0.05, 0) is 45.2 Å². The maximum atomic E-state index is 12.3. The summed E-state index contributed by atoms with van der Waals surface area (Å²) < 4.78 is 4.60. The summed E-state index contributed by atoms with van der Waals surface area (Å²) in [6, 6.07) is 0.545. The van der Waals surface area contributed by atoms with Crippen molar-refractivity contribution in [1.29, 1.82) is 0 Å². The number of piperidine rings is 2. The van der Waals surface area contributed by atoms with Crippen LogP contribution in [0.1, 0.15) is 51.4 Å². The number of esters is 1. The molecule has 0 saturated carbocycles. The number of likely N-dealkylation sites (tertiary alicyclic amines) is 2. The summed E-state index contributed by atoms with van der Waals surface area (Å²) in [6.45, 7) is 4.13. The molecule has 5 nitrogen and oxygen atoms in total. The van der Waals surface area contributed by atoms with Crippen molar-refractivity contribution in [3.8, 4) is 0 Å². The molecule has 0 aromatic carbocycles. The van der Waals surface area contributed by atoms with Crippen molar-refractivity contribution in [2.75, 3.05) is 33.3 Å². The van der Waals surface area contributed by atoms with Crippen LogP contribution in [0.4, 0.5) is 0 Å². The van der Waals surface area contributed by atoms with Gasteiger partial charge in [0.25, 0.3) is 0 Å². The topological polar surface area (TPSA) is 49.9 Å². The summed E-state index contributed by atoms with van der Waals surface area (Å²) in [4.78, 5) is 27.9. The number of nitrogens with zero attached hydrogens (tertiary/aromatic N) is 2. The summed E-state index contributed by atoms with van der Waals surface area (Å²) in [5, 5.41) is 0. The van der Waals surface area contributed by atoms with Gasteiger partial charge < -0.3 is 9.64 Å². The molecule has 0 aliphatic carbocycles. The van der Waals surface area contributed by atoms with E-state index in [4.69, 9.17) is 0 Å². The van der Waals surface area contributed by atoms with E-state index in [1.54, 1.807) is 0 Å². The van der Waals surface area contributed by atoms with Crippen LogP contribution >= 0.6 is 0 Å². The van der Waals surface area contributed by atoms with E-state index >= 15 is 0 Å². The summed E-state index contributed by atoms with van der Waals surface area (Å²) >= 11 is 0. The molecule has 0 unspecified atom stereocenters. The lowest BCUT2D eigenvalue weighted by molar-refractivity contribution is -0.141. The van der Waals surface area contributed by atoms with Crippen molar-refractivity contribution in [2.45, 2.75) is 57.4 Å². The first-order valence-electron chi connectivity index (χ1n) is 8.29. The Balaban J connectivity index is 1.74. The fourth-order valence-electron chi connectivity index (χ4n) is 3.41. The van der Waals surface area contributed by atoms with Crippen molar-refractivity contribution in [3.05, 3.63) is 0 Å². The largest absolute Gasteiger partial charge is 0.469 e. The molecule has 1 amide bonds. The molecule has 2 saturated heterocycles. The van der Waals surface area contributed by atoms with E-state index in [0.29, 0.717) is 25.3 Å². The monoisotopic (exact) mass is 296 g/mol. The number of hydrogen-bond donors (Lipinski definition) is 0. The Morgan fingerprint density at radius 1 is 1.05 bits per heavy atom. The third-order valence-corrected chi connectivity index (χ3v) is 4.66. The lowest BCUT2D eigenvalue weighted by Gasteiger charge is -2.41. The summed E-state index contributed by atoms with van der Waals surface area (Å²) in [5.74, 6) is -0.0340. The molecular formula is C16H28N2O3. The number of ether oxygens (including phenoxy) is 1. The molecule has 120 valence electrons. The smallest absolute Gasteiger partial charge is 0.305 e. The molecule has 2 heterocycles. The zero-order valence-electron chi connectivity index (χ0n) is 13.2. The maximum absolute atomic E-state index is 12.3. The van der Waals surface area contributed by atoms with Gasteiger partial charge in [0.2, 0.25) is 5.91 Å². The lowest BCUT2D eigenvalue weighted by atomic mass is 10.0. The third kappa shape index (κ3) is 4.99. The van der Waals surface area contributed by atoms with E-state index in [1.807, 2.05) is 4.90 Å². The van der Waals surface area contributed by atoms with Crippen LogP contribution in [0.15, 0.2) is 0 Å². The fourth-order valence-corrected chi connectivity index (χ4v) is 3.41. The first-order chi connectivity index (χ1) is 10.2. The highest BCUT2D eigenvalue weighted by Crippen LogP contribution is 2.21. The second-order valence-corrected chi connectivity index (χ2v) is 6.16. The number of carbonyl (C=O) groups is 2. The van der Waals surface area contributed by atoms with Gasteiger partial charge in [0.1, 0.15) is 0 Å². The van der Waals surface area contributed by atoms with Crippen LogP contribution in [0.5, 0.6) is 0 Å². The highest BCUT2D eigenvalue weighted by atomic mass is 16.5. The van der Waals surface area contributed by atoms with Gasteiger partial charge in [0.15, 0.2) is 0 Å². The third-order valence-electron chi connectivity index (χ3n) is 4.66. The molecule has 2 aliphatic heterocycles. The Morgan fingerprint density at radius 3 is 2.52 bits per heavy atom. The Bertz CT molecular complexity index is 353. The van der Waals surface area contributed by atoms with Crippen LogP contribution in [-0.2, 0) is 14.3 Å². The molecule has 2 rings (SSSR count). The van der Waals surface area contributed by atoms with E-state index in [9.17, 15) is 9.59 Å². The van der Waals surface area contributed by atoms with Crippen LogP contribution in [0, 0.1) is 0 Å². The van der Waals surface area contributed by atoms with Gasteiger partial charge in [-0.1, -0.05) is 6.42 Å². The Hall–Kier alpha value is -1.10. The lowest BCUT2D eigenvalue weighted by Crippen LogP contribution is -2.51. The predicted molar refractivity (Wildman–Crippen MR) is 80.9 cm³/mol. The van der Waals surface area contributed by atoms with Gasteiger partial charge in [-0.25, -0.2) is 0 Å². The van der Waals surface area contributed by atoms with E-state index in [2.05, 4.69) is 9.64 Å². The molecule has 0 aromatic rings. The SMILES string of the molecule is COC(=O)CCCC(=O)N1CCC[C@@H](N2CCCCC2)C1. The number of carbonyl (C=O) groups excluding carboxylic acids is 2. The summed E-state index contributed by atoms with van der Waals surface area (Å²) in [7, 11) is 1.39. The van der Waals surface area contributed by atoms with Crippen LogP contribution < -0.4 is 0 Å². The molecule has 1 atom stereocenters. The molecule has 0 N–H and O–H groups in total. The van der Waals surface area contributed by atoms with Gasteiger partial charge in [-0.15, -0.1) is 0 Å². The second kappa shape index (κ2) is 8.37. The number of rotatable bonds is 5. The van der Waals surface area contributed by atoms with Crippen molar-refractivity contribution in [1.82, 2.24) is 9.80 Å². The van der Waals surface area contributed by atoms with Crippen molar-refractivity contribution >= 4 is 11.9 Å². The highest BCUT2D eigenvalue weighted by molar-refractivity contribution is 5.77. The predicted octanol–water partition coefficient (Wildman–Crippen LogP) is 1.81. The zero-order valence-corrected chi connectivity index (χ0v) is 13.2. The van der Waals surface area contributed by atoms with Gasteiger partial charge in [-0.3, -0.25) is 14.5 Å². The van der Waals surface area contributed by atoms with Crippen LogP contribution in [0.2, 0.25) is 0 Å². The first-order valence-corrected chi connectivity index (χ1v) is 8.29. The van der Waals surface area contributed by atoms with Crippen molar-refractivity contribution < 1.29 is 14.3 Å². The van der Waals surface area contributed by atoms with Crippen LogP contribution in [0.25, 0.3) is 0 Å². The molecule has 2 fully saturated rings. The number of methoxy groups -OCH3 is 1. The number of hydrogen-bond acceptors (Lipinski definition) is 4. The van der Waals surface area contributed by atoms with Crippen molar-refractivity contribution in [3.63, 3.8) is 0 Å². The average molecular weight is 296 g/mol. The normalized spacial score (nSPS) is 23.9. The van der Waals surface area contributed by atoms with Gasteiger partial charge in [0, 0.05) is 32.0 Å². The molecule has 0 radical (unpaired) electrons. The summed E-state index contributed by atoms with van der Waals surface area (Å²) in [6.07, 6.45) is 7.65. The molecule has 21 heavy (non-hydrogen) atoms. The van der Waals surface area contributed by atoms with Crippen molar-refractivity contribution in [2.24, 2.45) is 0 Å². The van der Waals surface area contributed by atoms with Gasteiger partial charge in [-0.2, -0.15) is 0 Å². The minimum atomic E-state index is -0.229. The molecular weight excluding hydrogens is 268 g/mol. The highest BCUT2D eigenvalue weighted by Gasteiger charge is 2.28. The molecule has 0 spiro atoms. The molecule has 0 aromatic heterocycles. The van der Waals surface area contributed by atoms with Gasteiger partial charge in [0.05, 0.1) is 7.11 Å². The van der Waals surface area contributed by atoms with E-state index in [-0.39, 0.29) is 11.9 Å². The zero-order chi connectivity index (χ0) is 15.1. The van der Waals surface area contributed by atoms with E-state index < -0.39 is 0 Å². The second-order valence-electron chi connectivity index (χ2n) is 6.16. The van der Waals surface area contributed by atoms with E-state index in [1.165, 1.54) is 45.9 Å². The Labute approximate surface area is 127 Å². The standard InChI is InChI=1S/C16H28N2O3/c1-21-16(20)9-5-8-15(19)18-12-6-7-14(13-18)17-10-3-2-4-11-17/h14H,2-13H2,1H3/t14-/m1/s1. The van der Waals surface area contributed by atoms with E-state index in [0.717, 1.165) is 19.5 Å². The number of amides is 1. The Morgan fingerprint density at radius 2 is 1.81 bits per heavy atom. The minimum Gasteiger partial charge on any atom is -0.469 e. The fraction of sp³-hybridized carbons (Fsp3) is 0.875.